The van der Waals surface area contributed by atoms with Crippen LogP contribution < -0.4 is 0 Å². The molecular weight excluding hydrogens is 119 g/mol. The molecule has 0 heterocycles. The van der Waals surface area contributed by atoms with Gasteiger partial charge >= 0.3 is 7.32 Å². The fourth-order valence-corrected chi connectivity index (χ4v) is 0.363. The van der Waals surface area contributed by atoms with Crippen LogP contribution >= 0.6 is 0 Å². The highest BCUT2D eigenvalue weighted by molar-refractivity contribution is 6.32. The Balaban J connectivity index is 2.85. The average Bonchev–Trinajstić information content (AvgIpc) is 1.80. The van der Waals surface area contributed by atoms with Gasteiger partial charge in [0.15, 0.2) is 0 Å². The molecule has 0 spiro atoms. The molecule has 0 saturated carbocycles. The number of unbranched alkanes of at least 4 members (excludes halogenated alkanes) is 1. The summed E-state index contributed by atoms with van der Waals surface area (Å²) in [6.07, 6.45) is 6.18. The van der Waals surface area contributed by atoms with E-state index in [9.17, 15) is 0 Å². The highest BCUT2D eigenvalue weighted by atomic mass is 16.6. The van der Waals surface area contributed by atoms with Crippen molar-refractivity contribution in [3.8, 4) is 12.3 Å². The topological polar surface area (TPSA) is 49.7 Å². The summed E-state index contributed by atoms with van der Waals surface area (Å²) in [5.41, 5.74) is 0. The van der Waals surface area contributed by atoms with Gasteiger partial charge in [0, 0.05) is 13.0 Å². The van der Waals surface area contributed by atoms with Crippen LogP contribution in [0.5, 0.6) is 0 Å². The van der Waals surface area contributed by atoms with Crippen LogP contribution in [0.15, 0.2) is 0 Å². The molecule has 3 nitrogen and oxygen atoms in total. The van der Waals surface area contributed by atoms with Gasteiger partial charge in [0.2, 0.25) is 0 Å². The van der Waals surface area contributed by atoms with E-state index in [4.69, 9.17) is 16.5 Å². The minimum Gasteiger partial charge on any atom is -0.402 e. The highest BCUT2D eigenvalue weighted by Gasteiger charge is 2.05. The van der Waals surface area contributed by atoms with Crippen molar-refractivity contribution in [2.45, 2.75) is 12.8 Å². The quantitative estimate of drug-likeness (QED) is 0.301. The van der Waals surface area contributed by atoms with E-state index in [1.54, 1.807) is 0 Å². The Kier molecular flexibility index (Phi) is 5.33. The maximum Gasteiger partial charge on any atom is 0.633 e. The minimum absolute atomic E-state index is 0.294. The lowest BCUT2D eigenvalue weighted by molar-refractivity contribution is 0.184. The van der Waals surface area contributed by atoms with Crippen molar-refractivity contribution in [1.82, 2.24) is 0 Å². The van der Waals surface area contributed by atoms with E-state index in [1.165, 1.54) is 0 Å². The van der Waals surface area contributed by atoms with Crippen LogP contribution in [0.4, 0.5) is 0 Å². The Labute approximate surface area is 54.8 Å². The monoisotopic (exact) mass is 128 g/mol. The predicted molar refractivity (Wildman–Crippen MR) is 34.2 cm³/mol. The van der Waals surface area contributed by atoms with Gasteiger partial charge in [0.25, 0.3) is 0 Å². The third kappa shape index (κ3) is 7.50. The Morgan fingerprint density at radius 2 is 2.22 bits per heavy atom. The smallest absolute Gasteiger partial charge is 0.402 e. The molecule has 0 aromatic carbocycles. The zero-order valence-electron chi connectivity index (χ0n) is 5.08. The van der Waals surface area contributed by atoms with Crippen molar-refractivity contribution in [2.75, 3.05) is 6.61 Å². The molecule has 0 unspecified atom stereocenters. The first-order valence-electron chi connectivity index (χ1n) is 2.68. The van der Waals surface area contributed by atoms with Crippen LogP contribution in [0.1, 0.15) is 12.8 Å². The second-order valence-electron chi connectivity index (χ2n) is 1.50. The normalized spacial score (nSPS) is 8.56. The van der Waals surface area contributed by atoms with Crippen LogP contribution in [-0.2, 0) is 4.65 Å². The molecule has 0 amide bonds. The Morgan fingerprint density at radius 1 is 1.56 bits per heavy atom. The maximum absolute atomic E-state index is 8.13. The van der Waals surface area contributed by atoms with E-state index in [-0.39, 0.29) is 0 Å². The second kappa shape index (κ2) is 5.64. The average molecular weight is 128 g/mol. The van der Waals surface area contributed by atoms with Gasteiger partial charge in [-0.1, -0.05) is 0 Å². The number of hydrogen-bond acceptors (Lipinski definition) is 3. The van der Waals surface area contributed by atoms with E-state index < -0.39 is 7.32 Å². The lowest BCUT2D eigenvalue weighted by atomic mass is 10.2. The second-order valence-corrected chi connectivity index (χ2v) is 1.50. The summed E-state index contributed by atoms with van der Waals surface area (Å²) in [5, 5.41) is 16.3. The molecule has 0 rings (SSSR count). The summed E-state index contributed by atoms with van der Waals surface area (Å²) in [6.45, 7) is 0.294. The summed E-state index contributed by atoms with van der Waals surface area (Å²) in [4.78, 5) is 0. The third-order valence-electron chi connectivity index (χ3n) is 0.732. The summed E-state index contributed by atoms with van der Waals surface area (Å²) < 4.78 is 4.36. The zero-order valence-corrected chi connectivity index (χ0v) is 5.08. The third-order valence-corrected chi connectivity index (χ3v) is 0.732. The van der Waals surface area contributed by atoms with Crippen molar-refractivity contribution < 1.29 is 14.7 Å². The summed E-state index contributed by atoms with van der Waals surface area (Å²) in [5.74, 6) is 2.40. The molecule has 0 aliphatic rings. The van der Waals surface area contributed by atoms with E-state index in [0.717, 1.165) is 0 Å². The summed E-state index contributed by atoms with van der Waals surface area (Å²) in [6, 6.07) is 0. The van der Waals surface area contributed by atoms with Gasteiger partial charge in [-0.25, -0.2) is 0 Å². The van der Waals surface area contributed by atoms with Gasteiger partial charge in [-0.15, -0.1) is 12.3 Å². The first-order valence-corrected chi connectivity index (χ1v) is 2.68. The van der Waals surface area contributed by atoms with Crippen molar-refractivity contribution >= 4 is 7.32 Å². The molecule has 0 saturated heterocycles. The zero-order chi connectivity index (χ0) is 7.11. The number of terminal acetylenes is 1. The van der Waals surface area contributed by atoms with Crippen LogP contribution in [0.2, 0.25) is 0 Å². The van der Waals surface area contributed by atoms with E-state index in [1.807, 2.05) is 0 Å². The van der Waals surface area contributed by atoms with Gasteiger partial charge in [0.05, 0.1) is 0 Å². The lowest BCUT2D eigenvalue weighted by Crippen LogP contribution is -2.17. The van der Waals surface area contributed by atoms with Crippen molar-refractivity contribution in [2.24, 2.45) is 0 Å². The molecule has 0 aromatic rings. The van der Waals surface area contributed by atoms with Gasteiger partial charge in [0.1, 0.15) is 0 Å². The SMILES string of the molecule is C#CCCCOB(O)O. The molecule has 0 fully saturated rings. The maximum atomic E-state index is 8.13. The molecule has 0 atom stereocenters. The van der Waals surface area contributed by atoms with Crippen molar-refractivity contribution in [3.63, 3.8) is 0 Å². The molecule has 50 valence electrons. The number of rotatable bonds is 4. The highest BCUT2D eigenvalue weighted by Crippen LogP contribution is 1.87. The molecule has 0 radical (unpaired) electrons. The lowest BCUT2D eigenvalue weighted by Gasteiger charge is -1.97. The van der Waals surface area contributed by atoms with E-state index in [2.05, 4.69) is 10.6 Å². The van der Waals surface area contributed by atoms with Crippen LogP contribution in [-0.4, -0.2) is 24.0 Å². The largest absolute Gasteiger partial charge is 0.633 e. The van der Waals surface area contributed by atoms with E-state index in [0.29, 0.717) is 19.4 Å². The Morgan fingerprint density at radius 3 is 2.67 bits per heavy atom. The van der Waals surface area contributed by atoms with Crippen molar-refractivity contribution in [1.29, 1.82) is 0 Å². The molecule has 2 N–H and O–H groups in total. The molecule has 0 aliphatic carbocycles. The predicted octanol–water partition coefficient (Wildman–Crippen LogP) is -0.614. The molecule has 4 heteroatoms. The molecule has 0 aromatic heterocycles. The molecule has 9 heavy (non-hydrogen) atoms. The summed E-state index contributed by atoms with van der Waals surface area (Å²) in [7, 11) is -1.66. The van der Waals surface area contributed by atoms with Gasteiger partial charge in [-0.05, 0) is 6.42 Å². The Bertz CT molecular complexity index is 96.9. The molecular formula is C5H9BO3. The van der Waals surface area contributed by atoms with Gasteiger partial charge in [-0.3, -0.25) is 0 Å². The van der Waals surface area contributed by atoms with Crippen LogP contribution in [0.3, 0.4) is 0 Å². The standard InChI is InChI=1S/C5H9BO3/c1-2-3-4-5-9-6(7)8/h1,7-8H,3-5H2. The first-order chi connectivity index (χ1) is 4.27. The first kappa shape index (κ1) is 8.50. The Hall–Kier alpha value is -0.495. The fourth-order valence-electron chi connectivity index (χ4n) is 0.363. The summed E-state index contributed by atoms with van der Waals surface area (Å²) >= 11 is 0. The van der Waals surface area contributed by atoms with Gasteiger partial charge in [-0.2, -0.15) is 0 Å². The van der Waals surface area contributed by atoms with E-state index >= 15 is 0 Å². The van der Waals surface area contributed by atoms with Crippen LogP contribution in [0.25, 0.3) is 0 Å². The number of hydrogen-bond donors (Lipinski definition) is 2. The molecule has 0 bridgehead atoms. The van der Waals surface area contributed by atoms with Crippen molar-refractivity contribution in [3.05, 3.63) is 0 Å². The minimum atomic E-state index is -1.66. The fraction of sp³-hybridized carbons (Fsp3) is 0.600. The van der Waals surface area contributed by atoms with Crippen LogP contribution in [0, 0.1) is 12.3 Å². The van der Waals surface area contributed by atoms with Gasteiger partial charge < -0.3 is 14.7 Å². The molecule has 0 aliphatic heterocycles.